The Morgan fingerprint density at radius 3 is 2.50 bits per heavy atom. The van der Waals surface area contributed by atoms with Crippen LogP contribution in [0.25, 0.3) is 5.57 Å². The summed E-state index contributed by atoms with van der Waals surface area (Å²) in [5.74, 6) is 0. The lowest BCUT2D eigenvalue weighted by Gasteiger charge is -2.04. The third-order valence-corrected chi connectivity index (χ3v) is 2.68. The topological polar surface area (TPSA) is 26.0 Å². The second-order valence-electron chi connectivity index (χ2n) is 3.17. The van der Waals surface area contributed by atoms with Crippen molar-refractivity contribution in [3.05, 3.63) is 40.4 Å². The van der Waals surface area contributed by atoms with Gasteiger partial charge in [0.15, 0.2) is 0 Å². The van der Waals surface area contributed by atoms with Gasteiger partial charge in [-0.1, -0.05) is 41.1 Å². The largest absolute Gasteiger partial charge is 0.330 e. The zero-order valence-electron chi connectivity index (χ0n) is 8.46. The van der Waals surface area contributed by atoms with E-state index in [9.17, 15) is 0 Å². The van der Waals surface area contributed by atoms with Crippen molar-refractivity contribution >= 4 is 21.5 Å². The molecule has 1 rings (SSSR count). The fourth-order valence-corrected chi connectivity index (χ4v) is 1.65. The van der Waals surface area contributed by atoms with E-state index in [1.165, 1.54) is 11.1 Å². The van der Waals surface area contributed by atoms with Crippen molar-refractivity contribution < 1.29 is 0 Å². The van der Waals surface area contributed by atoms with Crippen molar-refractivity contribution in [3.8, 4) is 0 Å². The molecule has 76 valence electrons. The van der Waals surface area contributed by atoms with Gasteiger partial charge < -0.3 is 5.73 Å². The lowest BCUT2D eigenvalue weighted by atomic mass is 10.0. The van der Waals surface area contributed by atoms with Crippen LogP contribution in [0, 0.1) is 0 Å². The van der Waals surface area contributed by atoms with E-state index in [0.29, 0.717) is 0 Å². The zero-order chi connectivity index (χ0) is 10.4. The first-order valence-electron chi connectivity index (χ1n) is 4.93. The molecule has 0 fully saturated rings. The van der Waals surface area contributed by atoms with E-state index in [2.05, 4.69) is 53.2 Å². The normalized spacial score (nSPS) is 11.8. The van der Waals surface area contributed by atoms with Gasteiger partial charge in [-0.05, 0) is 42.7 Å². The minimum Gasteiger partial charge on any atom is -0.330 e. The predicted molar refractivity (Wildman–Crippen MR) is 66.1 cm³/mol. The minimum atomic E-state index is 0.722. The van der Waals surface area contributed by atoms with E-state index in [1.54, 1.807) is 0 Å². The molecule has 0 aliphatic carbocycles. The summed E-state index contributed by atoms with van der Waals surface area (Å²) >= 11 is 3.43. The molecular formula is C12H16BrN. The molecule has 0 bridgehead atoms. The quantitative estimate of drug-likeness (QED) is 0.872. The molecular weight excluding hydrogens is 238 g/mol. The Morgan fingerprint density at radius 2 is 2.00 bits per heavy atom. The van der Waals surface area contributed by atoms with Crippen LogP contribution in [0.3, 0.4) is 0 Å². The highest BCUT2D eigenvalue weighted by atomic mass is 79.9. The van der Waals surface area contributed by atoms with Crippen LogP contribution < -0.4 is 5.73 Å². The molecule has 0 atom stereocenters. The molecule has 0 saturated carbocycles. The van der Waals surface area contributed by atoms with Gasteiger partial charge in [-0.25, -0.2) is 0 Å². The molecule has 2 heteroatoms. The van der Waals surface area contributed by atoms with Crippen LogP contribution in [-0.2, 0) is 0 Å². The highest BCUT2D eigenvalue weighted by molar-refractivity contribution is 9.10. The van der Waals surface area contributed by atoms with E-state index in [1.807, 2.05) is 0 Å². The van der Waals surface area contributed by atoms with Crippen LogP contribution in [0.5, 0.6) is 0 Å². The van der Waals surface area contributed by atoms with Crippen LogP contribution in [0.4, 0.5) is 0 Å². The first-order valence-corrected chi connectivity index (χ1v) is 5.72. The van der Waals surface area contributed by atoms with E-state index in [0.717, 1.165) is 23.9 Å². The maximum atomic E-state index is 5.48. The fourth-order valence-electron chi connectivity index (χ4n) is 1.39. The summed E-state index contributed by atoms with van der Waals surface area (Å²) in [5, 5.41) is 0. The monoisotopic (exact) mass is 253 g/mol. The molecule has 1 nitrogen and oxygen atoms in total. The van der Waals surface area contributed by atoms with Crippen LogP contribution >= 0.6 is 15.9 Å². The molecule has 0 aliphatic heterocycles. The van der Waals surface area contributed by atoms with Crippen LogP contribution in [0.2, 0.25) is 0 Å². The third kappa shape index (κ3) is 3.28. The Balaban J connectivity index is 2.84. The molecule has 14 heavy (non-hydrogen) atoms. The van der Waals surface area contributed by atoms with E-state index in [4.69, 9.17) is 5.73 Å². The minimum absolute atomic E-state index is 0.722. The number of allylic oxidation sites excluding steroid dienone is 1. The lowest BCUT2D eigenvalue weighted by Crippen LogP contribution is -1.96. The molecule has 0 amide bonds. The standard InChI is InChI=1S/C12H16BrN/c1-2-10(4-3-9-14)11-5-7-12(13)8-6-11/h4-8H,2-3,9,14H2,1H3. The Bertz CT molecular complexity index is 301. The Labute approximate surface area is 94.1 Å². The van der Waals surface area contributed by atoms with Gasteiger partial charge in [0.1, 0.15) is 0 Å². The molecule has 0 aliphatic rings. The number of benzene rings is 1. The summed E-state index contributed by atoms with van der Waals surface area (Å²) in [5.41, 5.74) is 8.15. The number of halogens is 1. The van der Waals surface area contributed by atoms with Crippen molar-refractivity contribution in [1.29, 1.82) is 0 Å². The number of hydrogen-bond acceptors (Lipinski definition) is 1. The first kappa shape index (κ1) is 11.5. The maximum absolute atomic E-state index is 5.48. The van der Waals surface area contributed by atoms with E-state index in [-0.39, 0.29) is 0 Å². The van der Waals surface area contributed by atoms with Crippen molar-refractivity contribution in [2.75, 3.05) is 6.54 Å². The molecule has 0 heterocycles. The van der Waals surface area contributed by atoms with Gasteiger partial charge in [0.05, 0.1) is 0 Å². The van der Waals surface area contributed by atoms with Crippen molar-refractivity contribution in [3.63, 3.8) is 0 Å². The number of rotatable bonds is 4. The van der Waals surface area contributed by atoms with Crippen molar-refractivity contribution in [1.82, 2.24) is 0 Å². The SMILES string of the molecule is CCC(=CCCN)c1ccc(Br)cc1. The van der Waals surface area contributed by atoms with Gasteiger partial charge in [0.25, 0.3) is 0 Å². The van der Waals surface area contributed by atoms with Crippen molar-refractivity contribution in [2.24, 2.45) is 5.73 Å². The fraction of sp³-hybridized carbons (Fsp3) is 0.333. The molecule has 1 aromatic carbocycles. The second-order valence-corrected chi connectivity index (χ2v) is 4.08. The van der Waals surface area contributed by atoms with Gasteiger partial charge in [-0.15, -0.1) is 0 Å². The second kappa shape index (κ2) is 5.99. The zero-order valence-corrected chi connectivity index (χ0v) is 10.0. The van der Waals surface area contributed by atoms with Gasteiger partial charge in [-0.2, -0.15) is 0 Å². The van der Waals surface area contributed by atoms with Gasteiger partial charge in [0.2, 0.25) is 0 Å². The molecule has 0 radical (unpaired) electrons. The van der Waals surface area contributed by atoms with Crippen LogP contribution in [0.1, 0.15) is 25.3 Å². The smallest absolute Gasteiger partial charge is 0.0175 e. The Morgan fingerprint density at radius 1 is 1.36 bits per heavy atom. The molecule has 2 N–H and O–H groups in total. The first-order chi connectivity index (χ1) is 6.77. The molecule has 0 unspecified atom stereocenters. The molecule has 1 aromatic rings. The highest BCUT2D eigenvalue weighted by Crippen LogP contribution is 2.20. The summed E-state index contributed by atoms with van der Waals surface area (Å²) < 4.78 is 1.12. The summed E-state index contributed by atoms with van der Waals surface area (Å²) in [6.07, 6.45) is 4.24. The van der Waals surface area contributed by atoms with Crippen LogP contribution in [0.15, 0.2) is 34.8 Å². The lowest BCUT2D eigenvalue weighted by molar-refractivity contribution is 1.00. The van der Waals surface area contributed by atoms with Gasteiger partial charge in [-0.3, -0.25) is 0 Å². The number of hydrogen-bond donors (Lipinski definition) is 1. The summed E-state index contributed by atoms with van der Waals surface area (Å²) in [7, 11) is 0. The average molecular weight is 254 g/mol. The molecule has 0 saturated heterocycles. The number of nitrogens with two attached hydrogens (primary N) is 1. The summed E-state index contributed by atoms with van der Waals surface area (Å²) in [6.45, 7) is 2.89. The molecule has 0 spiro atoms. The predicted octanol–water partition coefficient (Wildman–Crippen LogP) is 3.59. The summed E-state index contributed by atoms with van der Waals surface area (Å²) in [4.78, 5) is 0. The van der Waals surface area contributed by atoms with Gasteiger partial charge in [0, 0.05) is 4.47 Å². The maximum Gasteiger partial charge on any atom is 0.0175 e. The summed E-state index contributed by atoms with van der Waals surface area (Å²) in [6, 6.07) is 8.41. The molecule has 0 aromatic heterocycles. The average Bonchev–Trinajstić information content (AvgIpc) is 2.21. The Kier molecular flexibility index (Phi) is 4.91. The highest BCUT2D eigenvalue weighted by Gasteiger charge is 1.97. The Hall–Kier alpha value is -0.600. The van der Waals surface area contributed by atoms with Crippen LogP contribution in [-0.4, -0.2) is 6.54 Å². The third-order valence-electron chi connectivity index (χ3n) is 2.15. The van der Waals surface area contributed by atoms with Gasteiger partial charge >= 0.3 is 0 Å². The van der Waals surface area contributed by atoms with E-state index >= 15 is 0 Å². The van der Waals surface area contributed by atoms with E-state index < -0.39 is 0 Å². The van der Waals surface area contributed by atoms with Crippen molar-refractivity contribution in [2.45, 2.75) is 19.8 Å².